The minimum atomic E-state index is -0.676. The lowest BCUT2D eigenvalue weighted by Gasteiger charge is -2.35. The molecule has 1 aromatic rings. The first-order valence-electron chi connectivity index (χ1n) is 6.64. The van der Waals surface area contributed by atoms with E-state index >= 15 is 0 Å². The molecule has 1 heterocycles. The number of amides is 1. The fourth-order valence-corrected chi connectivity index (χ4v) is 2.15. The first kappa shape index (κ1) is 14.4. The number of carbonyl (C=O) groups is 1. The summed E-state index contributed by atoms with van der Waals surface area (Å²) >= 11 is 0. The molecule has 1 aliphatic rings. The van der Waals surface area contributed by atoms with Gasteiger partial charge in [0, 0.05) is 13.1 Å². The number of rotatable bonds is 3. The van der Waals surface area contributed by atoms with Crippen molar-refractivity contribution in [3.05, 3.63) is 29.8 Å². The molecule has 2 rings (SSSR count). The van der Waals surface area contributed by atoms with Crippen molar-refractivity contribution < 1.29 is 14.6 Å². The lowest BCUT2D eigenvalue weighted by atomic mass is 9.94. The fraction of sp³-hybridized carbons (Fsp3) is 0.467. The van der Waals surface area contributed by atoms with Crippen LogP contribution in [0.2, 0.25) is 0 Å². The topological polar surface area (TPSA) is 73.6 Å². The zero-order valence-corrected chi connectivity index (χ0v) is 11.5. The van der Waals surface area contributed by atoms with Crippen molar-refractivity contribution in [3.8, 4) is 11.8 Å². The molecule has 1 aromatic carbocycles. The average molecular weight is 274 g/mol. The number of ether oxygens (including phenoxy) is 1. The van der Waals surface area contributed by atoms with Gasteiger partial charge in [0.1, 0.15) is 11.8 Å². The molecule has 20 heavy (non-hydrogen) atoms. The normalized spacial score (nSPS) is 17.4. The minimum absolute atomic E-state index is 0.0825. The summed E-state index contributed by atoms with van der Waals surface area (Å²) in [6.07, 6.45) is 1.15. The maximum atomic E-state index is 12.0. The number of aliphatic hydroxyl groups is 1. The molecule has 0 aliphatic carbocycles. The van der Waals surface area contributed by atoms with E-state index in [-0.39, 0.29) is 12.5 Å². The Hall–Kier alpha value is -2.06. The van der Waals surface area contributed by atoms with Crippen molar-refractivity contribution in [2.24, 2.45) is 0 Å². The summed E-state index contributed by atoms with van der Waals surface area (Å²) < 4.78 is 5.42. The van der Waals surface area contributed by atoms with Crippen LogP contribution in [-0.4, -0.2) is 41.2 Å². The molecular weight excluding hydrogens is 256 g/mol. The van der Waals surface area contributed by atoms with Crippen LogP contribution >= 0.6 is 0 Å². The van der Waals surface area contributed by atoms with E-state index in [1.54, 1.807) is 36.1 Å². The Labute approximate surface area is 118 Å². The van der Waals surface area contributed by atoms with Crippen LogP contribution in [0, 0.1) is 11.3 Å². The Morgan fingerprint density at radius 3 is 2.75 bits per heavy atom. The molecule has 106 valence electrons. The van der Waals surface area contributed by atoms with Gasteiger partial charge in [-0.05, 0) is 31.9 Å². The van der Waals surface area contributed by atoms with Gasteiger partial charge in [-0.2, -0.15) is 5.26 Å². The van der Waals surface area contributed by atoms with E-state index in [0.29, 0.717) is 37.2 Å². The zero-order valence-electron chi connectivity index (χ0n) is 11.5. The van der Waals surface area contributed by atoms with E-state index in [1.807, 2.05) is 6.07 Å². The fourth-order valence-electron chi connectivity index (χ4n) is 2.15. The van der Waals surface area contributed by atoms with E-state index in [1.165, 1.54) is 0 Å². The third-order valence-corrected chi connectivity index (χ3v) is 3.55. The number of likely N-dealkylation sites (tertiary alicyclic amines) is 1. The number of hydrogen-bond donors (Lipinski definition) is 1. The monoisotopic (exact) mass is 274 g/mol. The number of nitrogens with zero attached hydrogens (tertiary/aromatic N) is 2. The second kappa shape index (κ2) is 5.93. The highest BCUT2D eigenvalue weighted by molar-refractivity contribution is 5.78. The van der Waals surface area contributed by atoms with Crippen molar-refractivity contribution in [1.82, 2.24) is 4.90 Å². The van der Waals surface area contributed by atoms with Gasteiger partial charge in [-0.3, -0.25) is 4.79 Å². The highest BCUT2D eigenvalue weighted by Crippen LogP contribution is 2.21. The van der Waals surface area contributed by atoms with Gasteiger partial charge < -0.3 is 14.7 Å². The summed E-state index contributed by atoms with van der Waals surface area (Å²) in [5.41, 5.74) is -0.257. The van der Waals surface area contributed by atoms with Crippen LogP contribution in [-0.2, 0) is 4.79 Å². The summed E-state index contributed by atoms with van der Waals surface area (Å²) in [7, 11) is 0. The molecule has 5 nitrogen and oxygen atoms in total. The average Bonchev–Trinajstić information content (AvgIpc) is 2.45. The van der Waals surface area contributed by atoms with Crippen LogP contribution in [0.3, 0.4) is 0 Å². The van der Waals surface area contributed by atoms with Gasteiger partial charge >= 0.3 is 0 Å². The Kier molecular flexibility index (Phi) is 4.26. The molecule has 0 atom stereocenters. The van der Waals surface area contributed by atoms with E-state index < -0.39 is 5.60 Å². The van der Waals surface area contributed by atoms with Crippen molar-refractivity contribution in [2.45, 2.75) is 25.4 Å². The molecule has 0 saturated carbocycles. The molecular formula is C15H18N2O3. The molecule has 0 spiro atoms. The number of piperidine rings is 1. The quantitative estimate of drug-likeness (QED) is 0.902. The van der Waals surface area contributed by atoms with Crippen LogP contribution in [0.4, 0.5) is 0 Å². The van der Waals surface area contributed by atoms with Crippen molar-refractivity contribution in [2.75, 3.05) is 19.7 Å². The summed E-state index contributed by atoms with van der Waals surface area (Å²) in [4.78, 5) is 13.7. The third kappa shape index (κ3) is 3.49. The summed E-state index contributed by atoms with van der Waals surface area (Å²) in [6, 6.07) is 8.86. The van der Waals surface area contributed by atoms with Gasteiger partial charge in [0.05, 0.1) is 11.2 Å². The van der Waals surface area contributed by atoms with Crippen LogP contribution in [0.25, 0.3) is 0 Å². The molecule has 0 aromatic heterocycles. The van der Waals surface area contributed by atoms with Gasteiger partial charge in [0.2, 0.25) is 0 Å². The van der Waals surface area contributed by atoms with Crippen LogP contribution in [0.1, 0.15) is 25.3 Å². The predicted molar refractivity (Wildman–Crippen MR) is 73.1 cm³/mol. The Morgan fingerprint density at radius 1 is 1.45 bits per heavy atom. The lowest BCUT2D eigenvalue weighted by molar-refractivity contribution is -0.137. The molecule has 0 bridgehead atoms. The van der Waals surface area contributed by atoms with Crippen LogP contribution < -0.4 is 4.74 Å². The molecule has 1 saturated heterocycles. The summed E-state index contributed by atoms with van der Waals surface area (Å²) in [6.45, 7) is 2.78. The first-order valence-corrected chi connectivity index (χ1v) is 6.64. The summed E-state index contributed by atoms with van der Waals surface area (Å²) in [5.74, 6) is 0.306. The predicted octanol–water partition coefficient (Wildman–Crippen LogP) is 1.31. The summed E-state index contributed by atoms with van der Waals surface area (Å²) in [5, 5.41) is 18.8. The molecule has 0 radical (unpaired) electrons. The van der Waals surface area contributed by atoms with Gasteiger partial charge in [-0.1, -0.05) is 12.1 Å². The molecule has 1 aliphatic heterocycles. The van der Waals surface area contributed by atoms with Gasteiger partial charge in [-0.15, -0.1) is 0 Å². The smallest absolute Gasteiger partial charge is 0.260 e. The van der Waals surface area contributed by atoms with E-state index in [0.717, 1.165) is 0 Å². The molecule has 5 heteroatoms. The molecule has 1 fully saturated rings. The Bertz CT molecular complexity index is 524. The second-order valence-corrected chi connectivity index (χ2v) is 5.27. The third-order valence-electron chi connectivity index (χ3n) is 3.55. The number of carbonyl (C=O) groups excluding carboxylic acids is 1. The van der Waals surface area contributed by atoms with Crippen LogP contribution in [0.5, 0.6) is 5.75 Å². The van der Waals surface area contributed by atoms with E-state index in [9.17, 15) is 9.90 Å². The first-order chi connectivity index (χ1) is 9.52. The molecule has 0 unspecified atom stereocenters. The number of para-hydroxylation sites is 1. The largest absolute Gasteiger partial charge is 0.482 e. The highest BCUT2D eigenvalue weighted by Gasteiger charge is 2.29. The maximum absolute atomic E-state index is 12.0. The maximum Gasteiger partial charge on any atom is 0.260 e. The Balaban J connectivity index is 1.89. The lowest BCUT2D eigenvalue weighted by Crippen LogP contribution is -2.46. The van der Waals surface area contributed by atoms with E-state index in [2.05, 4.69) is 0 Å². The number of benzene rings is 1. The van der Waals surface area contributed by atoms with Crippen molar-refractivity contribution >= 4 is 5.91 Å². The van der Waals surface area contributed by atoms with Crippen molar-refractivity contribution in [3.63, 3.8) is 0 Å². The minimum Gasteiger partial charge on any atom is -0.482 e. The molecule has 1 amide bonds. The van der Waals surface area contributed by atoms with Gasteiger partial charge in [-0.25, -0.2) is 0 Å². The van der Waals surface area contributed by atoms with Crippen LogP contribution in [0.15, 0.2) is 24.3 Å². The number of nitriles is 1. The standard InChI is InChI=1S/C15H18N2O3/c1-15(19)6-8-17(9-7-15)14(18)11-20-13-5-3-2-4-12(13)10-16/h2-5,19H,6-9,11H2,1H3. The second-order valence-electron chi connectivity index (χ2n) is 5.27. The zero-order chi connectivity index (χ0) is 14.6. The van der Waals surface area contributed by atoms with Gasteiger partial charge in [0.25, 0.3) is 5.91 Å². The molecule has 1 N–H and O–H groups in total. The van der Waals surface area contributed by atoms with E-state index in [4.69, 9.17) is 10.00 Å². The highest BCUT2D eigenvalue weighted by atomic mass is 16.5. The van der Waals surface area contributed by atoms with Gasteiger partial charge in [0.15, 0.2) is 6.61 Å². The van der Waals surface area contributed by atoms with Crippen molar-refractivity contribution in [1.29, 1.82) is 5.26 Å². The SMILES string of the molecule is CC1(O)CCN(C(=O)COc2ccccc2C#N)CC1. The Morgan fingerprint density at radius 2 is 2.10 bits per heavy atom. The number of hydrogen-bond acceptors (Lipinski definition) is 4.